The van der Waals surface area contributed by atoms with E-state index in [0.717, 1.165) is 32.2 Å². The van der Waals surface area contributed by atoms with Gasteiger partial charge in [0.15, 0.2) is 0 Å². The molecule has 4 nitrogen and oxygen atoms in total. The molecule has 1 aliphatic carbocycles. The second kappa shape index (κ2) is 9.46. The standard InChI is InChI=1S/C29H38N4/c1-31(2)29(24-9-5-4-6-10-24)16-13-23(14-17-29)28-26(25-11-7-8-12-27(25)30-28)15-18-33-21-19-32(3)20-22-33/h4-13,30H,14-22H2,1-3H3. The summed E-state index contributed by atoms with van der Waals surface area (Å²) in [5, 5.41) is 1.40. The van der Waals surface area contributed by atoms with Crippen molar-refractivity contribution in [2.24, 2.45) is 0 Å². The Hall–Kier alpha value is -2.40. The first kappa shape index (κ1) is 22.4. The fourth-order valence-electron chi connectivity index (χ4n) is 5.81. The third-order valence-electron chi connectivity index (χ3n) is 8.07. The van der Waals surface area contributed by atoms with Crippen LogP contribution < -0.4 is 0 Å². The Balaban J connectivity index is 1.43. The van der Waals surface area contributed by atoms with Crippen LogP contribution in [0.5, 0.6) is 0 Å². The Morgan fingerprint density at radius 2 is 1.67 bits per heavy atom. The number of aromatic nitrogens is 1. The Kier molecular flexibility index (Phi) is 6.42. The van der Waals surface area contributed by atoms with Crippen LogP contribution in [0, 0.1) is 0 Å². The number of hydrogen-bond donors (Lipinski definition) is 1. The minimum absolute atomic E-state index is 0.0801. The highest BCUT2D eigenvalue weighted by molar-refractivity contribution is 5.89. The number of nitrogens with one attached hydrogen (secondary N) is 1. The van der Waals surface area contributed by atoms with Crippen LogP contribution in [0.4, 0.5) is 0 Å². The Labute approximate surface area is 198 Å². The minimum atomic E-state index is 0.0801. The number of rotatable bonds is 6. The van der Waals surface area contributed by atoms with E-state index in [4.69, 9.17) is 0 Å². The summed E-state index contributed by atoms with van der Waals surface area (Å²) in [6.07, 6.45) is 6.91. The number of benzene rings is 2. The van der Waals surface area contributed by atoms with Gasteiger partial charge in [0.25, 0.3) is 0 Å². The Morgan fingerprint density at radius 3 is 2.36 bits per heavy atom. The molecular weight excluding hydrogens is 404 g/mol. The zero-order valence-electron chi connectivity index (χ0n) is 20.5. The maximum absolute atomic E-state index is 3.82. The molecule has 0 bridgehead atoms. The molecule has 0 spiro atoms. The van der Waals surface area contributed by atoms with Crippen molar-refractivity contribution < 1.29 is 0 Å². The first-order chi connectivity index (χ1) is 16.1. The summed E-state index contributed by atoms with van der Waals surface area (Å²) in [7, 11) is 6.69. The Morgan fingerprint density at radius 1 is 0.939 bits per heavy atom. The highest BCUT2D eigenvalue weighted by atomic mass is 15.2. The molecule has 2 heterocycles. The van der Waals surface area contributed by atoms with Gasteiger partial charge in [-0.25, -0.2) is 0 Å². The number of piperazine rings is 1. The van der Waals surface area contributed by atoms with Crippen LogP contribution in [0.1, 0.15) is 36.1 Å². The van der Waals surface area contributed by atoms with Crippen LogP contribution in [0.15, 0.2) is 60.7 Å². The van der Waals surface area contributed by atoms with Crippen LogP contribution in [0.3, 0.4) is 0 Å². The largest absolute Gasteiger partial charge is 0.355 e. The molecule has 174 valence electrons. The molecule has 3 aromatic rings. The third kappa shape index (κ3) is 4.40. The normalized spacial score (nSPS) is 22.7. The lowest BCUT2D eigenvalue weighted by Crippen LogP contribution is -2.45. The van der Waals surface area contributed by atoms with Gasteiger partial charge >= 0.3 is 0 Å². The quantitative estimate of drug-likeness (QED) is 0.583. The number of fused-ring (bicyclic) bond motifs is 1. The van der Waals surface area contributed by atoms with E-state index in [9.17, 15) is 0 Å². The number of para-hydroxylation sites is 1. The van der Waals surface area contributed by atoms with Crippen molar-refractivity contribution in [3.05, 3.63) is 77.5 Å². The lowest BCUT2D eigenvalue weighted by Gasteiger charge is -2.43. The van der Waals surface area contributed by atoms with Crippen LogP contribution in [-0.4, -0.2) is 73.6 Å². The second-order valence-electron chi connectivity index (χ2n) is 10.1. The summed E-state index contributed by atoms with van der Waals surface area (Å²) in [6, 6.07) is 19.9. The fourth-order valence-corrected chi connectivity index (χ4v) is 5.81. The van der Waals surface area contributed by atoms with Gasteiger partial charge in [0.05, 0.1) is 0 Å². The molecule has 1 unspecified atom stereocenters. The molecule has 5 rings (SSSR count). The van der Waals surface area contributed by atoms with Gasteiger partial charge in [-0.15, -0.1) is 0 Å². The fraction of sp³-hybridized carbons (Fsp3) is 0.448. The van der Waals surface area contributed by atoms with Gasteiger partial charge in [-0.2, -0.15) is 0 Å². The lowest BCUT2D eigenvalue weighted by molar-refractivity contribution is 0.138. The molecule has 0 saturated carbocycles. The van der Waals surface area contributed by atoms with E-state index >= 15 is 0 Å². The van der Waals surface area contributed by atoms with E-state index in [1.54, 1.807) is 0 Å². The highest BCUT2D eigenvalue weighted by Gasteiger charge is 2.36. The first-order valence-corrected chi connectivity index (χ1v) is 12.5. The molecule has 1 fully saturated rings. The zero-order valence-corrected chi connectivity index (χ0v) is 20.5. The van der Waals surface area contributed by atoms with Crippen LogP contribution in [0.25, 0.3) is 16.5 Å². The molecule has 1 saturated heterocycles. The maximum Gasteiger partial charge on any atom is 0.0492 e. The van der Waals surface area contributed by atoms with E-state index in [-0.39, 0.29) is 5.54 Å². The first-order valence-electron chi connectivity index (χ1n) is 12.5. The van der Waals surface area contributed by atoms with Crippen molar-refractivity contribution in [3.8, 4) is 0 Å². The summed E-state index contributed by atoms with van der Waals surface area (Å²) >= 11 is 0. The van der Waals surface area contributed by atoms with Gasteiger partial charge in [-0.05, 0) is 69.6 Å². The van der Waals surface area contributed by atoms with Crippen molar-refractivity contribution in [1.82, 2.24) is 19.7 Å². The summed E-state index contributed by atoms with van der Waals surface area (Å²) in [4.78, 5) is 11.3. The number of nitrogens with zero attached hydrogens (tertiary/aromatic N) is 3. The van der Waals surface area contributed by atoms with Gasteiger partial charge in [0.2, 0.25) is 0 Å². The molecule has 1 aliphatic heterocycles. The van der Waals surface area contributed by atoms with Gasteiger partial charge in [0, 0.05) is 54.9 Å². The Bertz CT molecular complexity index is 1110. The molecule has 2 aromatic carbocycles. The summed E-state index contributed by atoms with van der Waals surface area (Å²) in [5.74, 6) is 0. The van der Waals surface area contributed by atoms with E-state index < -0.39 is 0 Å². The summed E-state index contributed by atoms with van der Waals surface area (Å²) in [6.45, 7) is 5.86. The van der Waals surface area contributed by atoms with Crippen molar-refractivity contribution >= 4 is 16.5 Å². The number of aromatic amines is 1. The van der Waals surface area contributed by atoms with E-state index in [0.29, 0.717) is 0 Å². The topological polar surface area (TPSA) is 25.5 Å². The lowest BCUT2D eigenvalue weighted by atomic mass is 9.75. The molecule has 4 heteroatoms. The molecule has 2 aliphatic rings. The number of likely N-dealkylation sites (N-methyl/N-ethyl adjacent to an activating group) is 1. The molecule has 0 amide bonds. The molecule has 1 atom stereocenters. The van der Waals surface area contributed by atoms with E-state index in [1.165, 1.54) is 59.5 Å². The van der Waals surface area contributed by atoms with E-state index in [1.807, 2.05) is 0 Å². The van der Waals surface area contributed by atoms with Gasteiger partial charge in [-0.3, -0.25) is 4.90 Å². The SMILES string of the molecule is CN1CCN(CCc2c(C3=CCC(c4ccccc4)(N(C)C)CC3)[nH]c3ccccc23)CC1. The van der Waals surface area contributed by atoms with Gasteiger partial charge in [0.1, 0.15) is 0 Å². The minimum Gasteiger partial charge on any atom is -0.355 e. The zero-order chi connectivity index (χ0) is 22.8. The number of hydrogen-bond acceptors (Lipinski definition) is 3. The number of allylic oxidation sites excluding steroid dienone is 1. The maximum atomic E-state index is 3.82. The predicted molar refractivity (Wildman–Crippen MR) is 140 cm³/mol. The molecule has 1 aromatic heterocycles. The van der Waals surface area contributed by atoms with Gasteiger partial charge < -0.3 is 14.8 Å². The average molecular weight is 443 g/mol. The van der Waals surface area contributed by atoms with Crippen LogP contribution in [0.2, 0.25) is 0 Å². The van der Waals surface area contributed by atoms with Crippen LogP contribution >= 0.6 is 0 Å². The number of H-pyrrole nitrogens is 1. The van der Waals surface area contributed by atoms with Crippen molar-refractivity contribution in [2.45, 2.75) is 31.2 Å². The van der Waals surface area contributed by atoms with E-state index in [2.05, 4.69) is 102 Å². The smallest absolute Gasteiger partial charge is 0.0492 e. The third-order valence-corrected chi connectivity index (χ3v) is 8.07. The summed E-state index contributed by atoms with van der Waals surface area (Å²) < 4.78 is 0. The average Bonchev–Trinajstić information content (AvgIpc) is 3.23. The van der Waals surface area contributed by atoms with Crippen molar-refractivity contribution in [2.75, 3.05) is 53.9 Å². The van der Waals surface area contributed by atoms with Crippen molar-refractivity contribution in [3.63, 3.8) is 0 Å². The molecule has 0 radical (unpaired) electrons. The molecular formula is C29H38N4. The highest BCUT2D eigenvalue weighted by Crippen LogP contribution is 2.43. The molecule has 1 N–H and O–H groups in total. The second-order valence-corrected chi connectivity index (χ2v) is 10.1. The summed E-state index contributed by atoms with van der Waals surface area (Å²) in [5.41, 5.74) is 7.16. The van der Waals surface area contributed by atoms with Gasteiger partial charge in [-0.1, -0.05) is 54.6 Å². The predicted octanol–water partition coefficient (Wildman–Crippen LogP) is 4.98. The van der Waals surface area contributed by atoms with Crippen LogP contribution in [-0.2, 0) is 12.0 Å². The monoisotopic (exact) mass is 442 g/mol. The molecule has 33 heavy (non-hydrogen) atoms. The van der Waals surface area contributed by atoms with Crippen molar-refractivity contribution in [1.29, 1.82) is 0 Å².